The fraction of sp³-hybridized carbons (Fsp3) is 0.857. The largest absolute Gasteiger partial charge is 0.453 e. The summed E-state index contributed by atoms with van der Waals surface area (Å²) in [5.74, 6) is 2.45. The number of carbonyl (C=O) groups is 1. The Hall–Kier alpha value is -0.380. The number of thioether (sulfide) groups is 1. The third-order valence-electron chi connectivity index (χ3n) is 2.30. The number of nitrogens with zero attached hydrogens (tertiary/aromatic N) is 1. The van der Waals surface area contributed by atoms with Crippen molar-refractivity contribution in [2.24, 2.45) is 5.41 Å². The molecule has 0 bridgehead atoms. The summed E-state index contributed by atoms with van der Waals surface area (Å²) in [7, 11) is 1.43. The van der Waals surface area contributed by atoms with Gasteiger partial charge in [-0.25, -0.2) is 4.79 Å². The Morgan fingerprint density at radius 1 is 1.55 bits per heavy atom. The lowest BCUT2D eigenvalue weighted by Crippen LogP contribution is -2.64. The number of hydrogen-bond donors (Lipinski definition) is 0. The molecule has 2 aliphatic heterocycles. The Morgan fingerprint density at radius 2 is 2.18 bits per heavy atom. The van der Waals surface area contributed by atoms with Crippen LogP contribution in [-0.2, 0) is 4.74 Å². The van der Waals surface area contributed by atoms with Gasteiger partial charge in [0, 0.05) is 30.0 Å². The molecule has 1 amide bonds. The third kappa shape index (κ3) is 1.00. The Labute approximate surface area is 70.1 Å². The van der Waals surface area contributed by atoms with Crippen molar-refractivity contribution >= 4 is 17.9 Å². The van der Waals surface area contributed by atoms with Gasteiger partial charge in [0.25, 0.3) is 0 Å². The summed E-state index contributed by atoms with van der Waals surface area (Å²) in [6.45, 7) is 1.82. The zero-order valence-electron chi connectivity index (χ0n) is 6.50. The van der Waals surface area contributed by atoms with Gasteiger partial charge in [-0.2, -0.15) is 11.8 Å². The lowest BCUT2D eigenvalue weighted by molar-refractivity contribution is 0.0254. The normalized spacial score (nSPS) is 25.7. The van der Waals surface area contributed by atoms with Gasteiger partial charge in [0.2, 0.25) is 0 Å². The van der Waals surface area contributed by atoms with Crippen LogP contribution in [0.25, 0.3) is 0 Å². The topological polar surface area (TPSA) is 29.5 Å². The van der Waals surface area contributed by atoms with Crippen LogP contribution in [0.3, 0.4) is 0 Å². The van der Waals surface area contributed by atoms with Crippen LogP contribution in [0.5, 0.6) is 0 Å². The fourth-order valence-electron chi connectivity index (χ4n) is 1.59. The first-order valence-electron chi connectivity index (χ1n) is 3.66. The van der Waals surface area contributed by atoms with E-state index in [4.69, 9.17) is 0 Å². The summed E-state index contributed by atoms with van der Waals surface area (Å²) >= 11 is 1.96. The Bertz CT molecular complexity index is 183. The smallest absolute Gasteiger partial charge is 0.409 e. The molecule has 0 atom stereocenters. The maximum Gasteiger partial charge on any atom is 0.409 e. The predicted octanol–water partition coefficient (Wildman–Crippen LogP) is 0.802. The molecule has 11 heavy (non-hydrogen) atoms. The summed E-state index contributed by atoms with van der Waals surface area (Å²) in [5.41, 5.74) is 0.485. The number of rotatable bonds is 0. The second-order valence-corrected chi connectivity index (χ2v) is 4.30. The van der Waals surface area contributed by atoms with Gasteiger partial charge in [-0.1, -0.05) is 0 Å². The quantitative estimate of drug-likeness (QED) is 0.542. The molecule has 0 aliphatic carbocycles. The van der Waals surface area contributed by atoms with E-state index < -0.39 is 0 Å². The van der Waals surface area contributed by atoms with Gasteiger partial charge >= 0.3 is 6.09 Å². The zero-order valence-corrected chi connectivity index (χ0v) is 7.32. The van der Waals surface area contributed by atoms with Gasteiger partial charge in [0.05, 0.1) is 7.11 Å². The summed E-state index contributed by atoms with van der Waals surface area (Å²) < 4.78 is 4.60. The molecule has 0 aromatic carbocycles. The van der Waals surface area contributed by atoms with Gasteiger partial charge in [-0.3, -0.25) is 0 Å². The molecule has 0 radical (unpaired) electrons. The highest BCUT2D eigenvalue weighted by molar-refractivity contribution is 8.00. The van der Waals surface area contributed by atoms with Crippen LogP contribution < -0.4 is 0 Å². The van der Waals surface area contributed by atoms with Crippen LogP contribution in [-0.4, -0.2) is 42.7 Å². The summed E-state index contributed by atoms with van der Waals surface area (Å²) in [4.78, 5) is 12.7. The van der Waals surface area contributed by atoms with Crippen molar-refractivity contribution in [3.05, 3.63) is 0 Å². The SMILES string of the molecule is COC(=O)N1CC2(CSC2)C1. The molecule has 0 aromatic heterocycles. The second-order valence-electron chi connectivity index (χ2n) is 3.32. The van der Waals surface area contributed by atoms with Crippen molar-refractivity contribution in [1.82, 2.24) is 4.90 Å². The van der Waals surface area contributed by atoms with Gasteiger partial charge in [-0.05, 0) is 0 Å². The first-order valence-corrected chi connectivity index (χ1v) is 4.82. The Kier molecular flexibility index (Phi) is 1.52. The first-order chi connectivity index (χ1) is 5.26. The number of methoxy groups -OCH3 is 1. The number of amides is 1. The van der Waals surface area contributed by atoms with E-state index in [-0.39, 0.29) is 6.09 Å². The molecular weight excluding hydrogens is 162 g/mol. The van der Waals surface area contributed by atoms with Crippen molar-refractivity contribution in [1.29, 1.82) is 0 Å². The molecule has 1 spiro atoms. The molecule has 0 unspecified atom stereocenters. The molecule has 2 saturated heterocycles. The summed E-state index contributed by atoms with van der Waals surface area (Å²) in [6, 6.07) is 0. The van der Waals surface area contributed by atoms with E-state index in [1.807, 2.05) is 11.8 Å². The molecule has 2 heterocycles. The van der Waals surface area contributed by atoms with E-state index >= 15 is 0 Å². The minimum atomic E-state index is -0.174. The number of ether oxygens (including phenoxy) is 1. The highest BCUT2D eigenvalue weighted by Gasteiger charge is 2.50. The van der Waals surface area contributed by atoms with E-state index in [1.165, 1.54) is 18.6 Å². The summed E-state index contributed by atoms with van der Waals surface area (Å²) in [6.07, 6.45) is -0.174. The van der Waals surface area contributed by atoms with Crippen LogP contribution in [0.4, 0.5) is 4.79 Å². The molecule has 4 heteroatoms. The van der Waals surface area contributed by atoms with E-state index in [2.05, 4.69) is 4.74 Å². The van der Waals surface area contributed by atoms with Gasteiger partial charge in [0.15, 0.2) is 0 Å². The lowest BCUT2D eigenvalue weighted by Gasteiger charge is -2.54. The molecule has 2 fully saturated rings. The Balaban J connectivity index is 1.83. The molecule has 0 saturated carbocycles. The predicted molar refractivity (Wildman–Crippen MR) is 43.7 cm³/mol. The van der Waals surface area contributed by atoms with E-state index in [9.17, 15) is 4.79 Å². The molecule has 3 nitrogen and oxygen atoms in total. The molecule has 0 aromatic rings. The van der Waals surface area contributed by atoms with Gasteiger partial charge < -0.3 is 9.64 Å². The van der Waals surface area contributed by atoms with Crippen LogP contribution in [0, 0.1) is 5.41 Å². The molecular formula is C7H11NO2S. The number of likely N-dealkylation sites (tertiary alicyclic amines) is 1. The molecule has 62 valence electrons. The number of carbonyl (C=O) groups excluding carboxylic acids is 1. The van der Waals surface area contributed by atoms with Crippen LogP contribution in [0.2, 0.25) is 0 Å². The van der Waals surface area contributed by atoms with Crippen LogP contribution in [0.1, 0.15) is 0 Å². The maximum absolute atomic E-state index is 10.9. The lowest BCUT2D eigenvalue weighted by atomic mass is 9.83. The van der Waals surface area contributed by atoms with Crippen molar-refractivity contribution in [3.8, 4) is 0 Å². The maximum atomic E-state index is 10.9. The van der Waals surface area contributed by atoms with Gasteiger partial charge in [-0.15, -0.1) is 0 Å². The van der Waals surface area contributed by atoms with Crippen molar-refractivity contribution in [3.63, 3.8) is 0 Å². The molecule has 2 aliphatic rings. The third-order valence-corrected chi connectivity index (χ3v) is 3.93. The second kappa shape index (κ2) is 2.30. The van der Waals surface area contributed by atoms with E-state index in [0.29, 0.717) is 5.41 Å². The molecule has 2 rings (SSSR count). The van der Waals surface area contributed by atoms with Crippen LogP contribution in [0.15, 0.2) is 0 Å². The standard InChI is InChI=1S/C7H11NO2S/c1-10-6(9)8-2-7(3-8)4-11-5-7/h2-5H2,1H3. The van der Waals surface area contributed by atoms with Crippen molar-refractivity contribution in [2.75, 3.05) is 31.7 Å². The highest BCUT2D eigenvalue weighted by Crippen LogP contribution is 2.45. The Morgan fingerprint density at radius 3 is 2.55 bits per heavy atom. The fourth-order valence-corrected chi connectivity index (χ4v) is 2.74. The van der Waals surface area contributed by atoms with E-state index in [0.717, 1.165) is 13.1 Å². The minimum absolute atomic E-state index is 0.174. The van der Waals surface area contributed by atoms with Gasteiger partial charge in [0.1, 0.15) is 0 Å². The molecule has 0 N–H and O–H groups in total. The van der Waals surface area contributed by atoms with Crippen molar-refractivity contribution in [2.45, 2.75) is 0 Å². The average molecular weight is 173 g/mol. The zero-order chi connectivity index (χ0) is 7.90. The number of hydrogen-bond acceptors (Lipinski definition) is 3. The minimum Gasteiger partial charge on any atom is -0.453 e. The van der Waals surface area contributed by atoms with E-state index in [1.54, 1.807) is 4.90 Å². The van der Waals surface area contributed by atoms with Crippen LogP contribution >= 0.6 is 11.8 Å². The average Bonchev–Trinajstić information content (AvgIpc) is 1.81. The van der Waals surface area contributed by atoms with Crippen molar-refractivity contribution < 1.29 is 9.53 Å². The summed E-state index contributed by atoms with van der Waals surface area (Å²) in [5, 5.41) is 0. The first kappa shape index (κ1) is 7.28. The highest BCUT2D eigenvalue weighted by atomic mass is 32.2. The monoisotopic (exact) mass is 173 g/mol.